The molecule has 0 aromatic heterocycles. The van der Waals surface area contributed by atoms with E-state index in [1.54, 1.807) is 12.1 Å². The molecule has 15 heteroatoms. The Morgan fingerprint density at radius 3 is 1.68 bits per heavy atom. The second kappa shape index (κ2) is 40.0. The van der Waals surface area contributed by atoms with E-state index >= 15 is 0 Å². The van der Waals surface area contributed by atoms with Gasteiger partial charge in [0.2, 0.25) is 17.7 Å². The summed E-state index contributed by atoms with van der Waals surface area (Å²) in [5, 5.41) is 26.4. The Bertz CT molecular complexity index is 1300. The van der Waals surface area contributed by atoms with Crippen molar-refractivity contribution in [3.8, 4) is 5.75 Å². The third kappa shape index (κ3) is 34.8. The van der Waals surface area contributed by atoms with E-state index < -0.39 is 18.0 Å². The molecule has 2 atom stereocenters. The minimum absolute atomic E-state index is 0.0329. The molecule has 3 amide bonds. The zero-order chi connectivity index (χ0) is 45.3. The van der Waals surface area contributed by atoms with Gasteiger partial charge >= 0.3 is 11.9 Å². The fourth-order valence-electron chi connectivity index (χ4n) is 6.59. The van der Waals surface area contributed by atoms with E-state index in [4.69, 9.17) is 28.8 Å². The number of amides is 3. The molecule has 356 valence electrons. The number of hydrogen-bond donors (Lipinski definition) is 5. The van der Waals surface area contributed by atoms with Crippen molar-refractivity contribution in [1.82, 2.24) is 16.0 Å². The molecule has 1 aromatic carbocycles. The van der Waals surface area contributed by atoms with Gasteiger partial charge in [0.05, 0.1) is 57.9 Å². The molecule has 15 nitrogen and oxygen atoms in total. The van der Waals surface area contributed by atoms with Crippen molar-refractivity contribution in [1.29, 1.82) is 0 Å². The lowest BCUT2D eigenvalue weighted by Crippen LogP contribution is -2.41. The highest BCUT2D eigenvalue weighted by atomic mass is 16.5. The number of benzene rings is 1. The standard InChI is InChI=1S/C47H81N3O12/c1-3-4-5-6-7-8-9-10-11-12-15-18-21-39(2)61-37-36-59-33-30-49-45(53)38-60-35-34-58-32-29-48-43(51)28-27-42(47(56)57)50-44(52)22-19-16-13-14-17-20-31-62-41-25-23-40(24-26-41)46(54)55/h23-26,39,42H,3-22,27-38H2,1-2H3,(H,48,51)(H,49,53)(H,50,52)(H,54,55)(H,56,57)/t39?,42-/m0/s1. The van der Waals surface area contributed by atoms with Crippen molar-refractivity contribution < 1.29 is 57.9 Å². The molecule has 1 aromatic rings. The van der Waals surface area contributed by atoms with E-state index in [0.29, 0.717) is 45.1 Å². The normalized spacial score (nSPS) is 12.1. The highest BCUT2D eigenvalue weighted by Crippen LogP contribution is 2.15. The van der Waals surface area contributed by atoms with Crippen molar-refractivity contribution in [2.24, 2.45) is 0 Å². The second-order valence-electron chi connectivity index (χ2n) is 15.9. The van der Waals surface area contributed by atoms with E-state index in [9.17, 15) is 29.1 Å². The molecule has 1 rings (SSSR count). The van der Waals surface area contributed by atoms with Crippen LogP contribution in [0.15, 0.2) is 24.3 Å². The lowest BCUT2D eigenvalue weighted by molar-refractivity contribution is -0.142. The maximum atomic E-state index is 12.3. The number of carbonyl (C=O) groups is 5. The van der Waals surface area contributed by atoms with Crippen molar-refractivity contribution in [2.45, 2.75) is 167 Å². The molecule has 0 saturated heterocycles. The van der Waals surface area contributed by atoms with Gasteiger partial charge in [-0.3, -0.25) is 14.4 Å². The number of hydrogen-bond acceptors (Lipinski definition) is 10. The number of carboxylic acids is 2. The first kappa shape index (κ1) is 56.2. The molecular formula is C47H81N3O12. The average molecular weight is 880 g/mol. The fraction of sp³-hybridized carbons (Fsp3) is 0.766. The van der Waals surface area contributed by atoms with E-state index in [-0.39, 0.29) is 81.6 Å². The smallest absolute Gasteiger partial charge is 0.335 e. The molecule has 0 aliphatic heterocycles. The molecule has 1 unspecified atom stereocenters. The molecule has 62 heavy (non-hydrogen) atoms. The summed E-state index contributed by atoms with van der Waals surface area (Å²) >= 11 is 0. The van der Waals surface area contributed by atoms with Crippen molar-refractivity contribution >= 4 is 29.7 Å². The van der Waals surface area contributed by atoms with Crippen molar-refractivity contribution in [3.63, 3.8) is 0 Å². The quantitative estimate of drug-likeness (QED) is 0.0401. The number of aliphatic carboxylic acids is 1. The number of unbranched alkanes of at least 4 members (excludes halogenated alkanes) is 16. The van der Waals surface area contributed by atoms with E-state index in [0.717, 1.165) is 38.5 Å². The van der Waals surface area contributed by atoms with Gasteiger partial charge in [-0.25, -0.2) is 9.59 Å². The molecule has 0 bridgehead atoms. The van der Waals surface area contributed by atoms with Crippen LogP contribution < -0.4 is 20.7 Å². The monoisotopic (exact) mass is 880 g/mol. The SMILES string of the molecule is CCCCCCCCCCCCCCC(C)OCCOCCNC(=O)COCCOCCNC(=O)CC[C@H](NC(=O)CCCCCCCCOc1ccc(C(=O)O)cc1)C(=O)O. The number of carbonyl (C=O) groups excluding carboxylic acids is 3. The Morgan fingerprint density at radius 1 is 0.548 bits per heavy atom. The largest absolute Gasteiger partial charge is 0.494 e. The minimum Gasteiger partial charge on any atom is -0.494 e. The van der Waals surface area contributed by atoms with Crippen LogP contribution in [-0.4, -0.2) is 118 Å². The van der Waals surface area contributed by atoms with Gasteiger partial charge < -0.3 is 49.8 Å². The van der Waals surface area contributed by atoms with E-state index in [1.165, 1.54) is 89.2 Å². The van der Waals surface area contributed by atoms with Crippen LogP contribution in [0.25, 0.3) is 0 Å². The summed E-state index contributed by atoms with van der Waals surface area (Å²) in [6.45, 7) is 7.47. The maximum Gasteiger partial charge on any atom is 0.335 e. The van der Waals surface area contributed by atoms with Crippen LogP contribution in [0.2, 0.25) is 0 Å². The van der Waals surface area contributed by atoms with Crippen LogP contribution in [0, 0.1) is 0 Å². The first-order valence-electron chi connectivity index (χ1n) is 23.5. The van der Waals surface area contributed by atoms with Gasteiger partial charge in [0.1, 0.15) is 18.4 Å². The summed E-state index contributed by atoms with van der Waals surface area (Å²) in [7, 11) is 0. The van der Waals surface area contributed by atoms with Crippen LogP contribution in [0.5, 0.6) is 5.75 Å². The third-order valence-electron chi connectivity index (χ3n) is 10.3. The molecule has 0 aliphatic carbocycles. The number of rotatable bonds is 44. The summed E-state index contributed by atoms with van der Waals surface area (Å²) in [6.07, 6.45) is 22.7. The van der Waals surface area contributed by atoms with Gasteiger partial charge in [-0.1, -0.05) is 110 Å². The summed E-state index contributed by atoms with van der Waals surface area (Å²) in [4.78, 5) is 59.1. The predicted molar refractivity (Wildman–Crippen MR) is 240 cm³/mol. The highest BCUT2D eigenvalue weighted by Gasteiger charge is 2.21. The molecule has 0 heterocycles. The topological polar surface area (TPSA) is 208 Å². The summed E-state index contributed by atoms with van der Waals surface area (Å²) in [5.41, 5.74) is 0.213. The number of carboxylic acid groups (broad SMARTS) is 2. The number of nitrogens with one attached hydrogen (secondary N) is 3. The van der Waals surface area contributed by atoms with Gasteiger partial charge in [0.25, 0.3) is 0 Å². The molecule has 0 fully saturated rings. The van der Waals surface area contributed by atoms with E-state index in [2.05, 4.69) is 29.8 Å². The molecule has 5 N–H and O–H groups in total. The molecule has 0 saturated carbocycles. The zero-order valence-corrected chi connectivity index (χ0v) is 38.1. The second-order valence-corrected chi connectivity index (χ2v) is 15.9. The average Bonchev–Trinajstić information content (AvgIpc) is 3.25. The van der Waals surface area contributed by atoms with Crippen LogP contribution in [0.1, 0.15) is 165 Å². The predicted octanol–water partition coefficient (Wildman–Crippen LogP) is 7.62. The van der Waals surface area contributed by atoms with Gasteiger partial charge in [-0.2, -0.15) is 0 Å². The Kier molecular flexibility index (Phi) is 36.3. The zero-order valence-electron chi connectivity index (χ0n) is 38.1. The summed E-state index contributed by atoms with van der Waals surface area (Å²) < 4.78 is 27.8. The van der Waals surface area contributed by atoms with Gasteiger partial charge in [0, 0.05) is 25.9 Å². The van der Waals surface area contributed by atoms with Crippen LogP contribution in [0.3, 0.4) is 0 Å². The van der Waals surface area contributed by atoms with Gasteiger partial charge in [-0.15, -0.1) is 0 Å². The van der Waals surface area contributed by atoms with Crippen molar-refractivity contribution in [2.75, 3.05) is 65.9 Å². The van der Waals surface area contributed by atoms with Gasteiger partial charge in [0.15, 0.2) is 0 Å². The lowest BCUT2D eigenvalue weighted by atomic mass is 10.0. The summed E-state index contributed by atoms with van der Waals surface area (Å²) in [6, 6.07) is 5.13. The maximum absolute atomic E-state index is 12.3. The molecule has 0 spiro atoms. The Labute approximate surface area is 371 Å². The third-order valence-corrected chi connectivity index (χ3v) is 10.3. The van der Waals surface area contributed by atoms with E-state index in [1.807, 2.05) is 0 Å². The van der Waals surface area contributed by atoms with Crippen LogP contribution in [-0.2, 0) is 38.1 Å². The molecule has 0 aliphatic rings. The first-order chi connectivity index (χ1) is 30.1. The van der Waals surface area contributed by atoms with Gasteiger partial charge in [-0.05, 0) is 56.9 Å². The minimum atomic E-state index is -1.19. The lowest BCUT2D eigenvalue weighted by Gasteiger charge is -2.14. The molecule has 0 radical (unpaired) electrons. The number of ether oxygens (including phenoxy) is 5. The Morgan fingerprint density at radius 2 is 1.08 bits per heavy atom. The van der Waals surface area contributed by atoms with Crippen molar-refractivity contribution in [3.05, 3.63) is 29.8 Å². The van der Waals surface area contributed by atoms with Crippen LogP contribution >= 0.6 is 0 Å². The first-order valence-corrected chi connectivity index (χ1v) is 23.5. The number of aromatic carboxylic acids is 1. The Hall–Kier alpha value is -3.79. The highest BCUT2D eigenvalue weighted by molar-refractivity contribution is 5.87. The van der Waals surface area contributed by atoms with Crippen LogP contribution in [0.4, 0.5) is 0 Å². The summed E-state index contributed by atoms with van der Waals surface area (Å²) in [5.74, 6) is -2.50. The Balaban J connectivity index is 1.90. The molecular weight excluding hydrogens is 799 g/mol. The fourth-order valence-corrected chi connectivity index (χ4v) is 6.59.